The molecular formula is C21H23F3N2O3S. The Hall–Kier alpha value is -2.81. The molecule has 0 radical (unpaired) electrons. The van der Waals surface area contributed by atoms with E-state index in [4.69, 9.17) is 21.7 Å². The first kappa shape index (κ1) is 23.5. The van der Waals surface area contributed by atoms with Crippen molar-refractivity contribution in [2.75, 3.05) is 19.0 Å². The van der Waals surface area contributed by atoms with Crippen LogP contribution in [0.5, 0.6) is 11.5 Å². The first-order valence-electron chi connectivity index (χ1n) is 9.35. The average molecular weight is 440 g/mol. The molecule has 0 aromatic heterocycles. The van der Waals surface area contributed by atoms with Crippen LogP contribution in [0.3, 0.4) is 0 Å². The number of carbonyl (C=O) groups excluding carboxylic acids is 1. The van der Waals surface area contributed by atoms with Crippen LogP contribution in [0.4, 0.5) is 18.9 Å². The van der Waals surface area contributed by atoms with Crippen molar-refractivity contribution in [2.45, 2.75) is 32.4 Å². The number of halogens is 3. The first-order chi connectivity index (χ1) is 14.2. The molecule has 0 atom stereocenters. The minimum absolute atomic E-state index is 0.0407. The summed E-state index contributed by atoms with van der Waals surface area (Å²) in [7, 11) is 1.13. The minimum Gasteiger partial charge on any atom is -0.496 e. The van der Waals surface area contributed by atoms with E-state index < -0.39 is 17.6 Å². The zero-order chi connectivity index (χ0) is 22.1. The van der Waals surface area contributed by atoms with Gasteiger partial charge in [0.05, 0.1) is 19.3 Å². The first-order valence-corrected chi connectivity index (χ1v) is 9.76. The van der Waals surface area contributed by atoms with Crippen LogP contribution in [0.1, 0.15) is 42.1 Å². The number of hydrogen-bond donors (Lipinski definition) is 2. The normalized spacial score (nSPS) is 11.0. The number of benzene rings is 2. The number of hydrogen-bond acceptors (Lipinski definition) is 4. The van der Waals surface area contributed by atoms with Crippen molar-refractivity contribution >= 4 is 28.9 Å². The van der Waals surface area contributed by atoms with Crippen LogP contribution in [0.25, 0.3) is 0 Å². The Labute approximate surface area is 178 Å². The van der Waals surface area contributed by atoms with Crippen molar-refractivity contribution in [3.05, 3.63) is 53.6 Å². The zero-order valence-corrected chi connectivity index (χ0v) is 17.5. The summed E-state index contributed by atoms with van der Waals surface area (Å²) in [5, 5.41) is 5.14. The molecule has 2 aromatic carbocycles. The largest absolute Gasteiger partial charge is 0.496 e. The Bertz CT molecular complexity index is 871. The highest BCUT2D eigenvalue weighted by Crippen LogP contribution is 2.36. The van der Waals surface area contributed by atoms with E-state index in [0.29, 0.717) is 18.0 Å². The summed E-state index contributed by atoms with van der Waals surface area (Å²) in [6, 6.07) is 10.0. The number of thiocarbonyl (C=S) groups is 1. The third kappa shape index (κ3) is 6.91. The van der Waals surface area contributed by atoms with Crippen molar-refractivity contribution < 1.29 is 27.4 Å². The van der Waals surface area contributed by atoms with Gasteiger partial charge in [0.15, 0.2) is 5.11 Å². The molecular weight excluding hydrogens is 417 g/mol. The fourth-order valence-electron chi connectivity index (χ4n) is 2.58. The summed E-state index contributed by atoms with van der Waals surface area (Å²) in [5.74, 6) is -0.419. The van der Waals surface area contributed by atoms with Gasteiger partial charge in [-0.05, 0) is 61.1 Å². The molecule has 2 N–H and O–H groups in total. The van der Waals surface area contributed by atoms with E-state index in [1.54, 1.807) is 24.3 Å². The molecule has 5 nitrogen and oxygen atoms in total. The highest BCUT2D eigenvalue weighted by molar-refractivity contribution is 7.80. The van der Waals surface area contributed by atoms with E-state index in [2.05, 4.69) is 17.6 Å². The van der Waals surface area contributed by atoms with Crippen LogP contribution in [0.15, 0.2) is 42.5 Å². The molecule has 162 valence electrons. The second-order valence-corrected chi connectivity index (χ2v) is 6.81. The zero-order valence-electron chi connectivity index (χ0n) is 16.6. The Morgan fingerprint density at radius 3 is 2.40 bits per heavy atom. The maximum Gasteiger partial charge on any atom is 0.419 e. The van der Waals surface area contributed by atoms with Crippen LogP contribution in [0, 0.1) is 0 Å². The topological polar surface area (TPSA) is 59.6 Å². The number of carbonyl (C=O) groups is 1. The summed E-state index contributed by atoms with van der Waals surface area (Å²) in [4.78, 5) is 12.3. The Balaban J connectivity index is 1.95. The molecule has 0 aliphatic heterocycles. The van der Waals surface area contributed by atoms with Gasteiger partial charge in [-0.3, -0.25) is 10.1 Å². The van der Waals surface area contributed by atoms with Gasteiger partial charge in [0.2, 0.25) is 0 Å². The molecule has 0 aliphatic carbocycles. The van der Waals surface area contributed by atoms with Crippen molar-refractivity contribution in [1.29, 1.82) is 0 Å². The maximum absolute atomic E-state index is 13.1. The lowest BCUT2D eigenvalue weighted by Crippen LogP contribution is -2.34. The van der Waals surface area contributed by atoms with E-state index in [1.807, 2.05) is 0 Å². The smallest absolute Gasteiger partial charge is 0.419 e. The number of rotatable bonds is 8. The van der Waals surface area contributed by atoms with Crippen molar-refractivity contribution in [3.63, 3.8) is 0 Å². The van der Waals surface area contributed by atoms with E-state index in [9.17, 15) is 18.0 Å². The van der Waals surface area contributed by atoms with Crippen LogP contribution in [0.2, 0.25) is 0 Å². The van der Waals surface area contributed by atoms with Gasteiger partial charge in [-0.2, -0.15) is 13.2 Å². The molecule has 30 heavy (non-hydrogen) atoms. The predicted molar refractivity (Wildman–Crippen MR) is 113 cm³/mol. The van der Waals surface area contributed by atoms with Crippen LogP contribution in [-0.4, -0.2) is 24.7 Å². The van der Waals surface area contributed by atoms with Gasteiger partial charge in [-0.1, -0.05) is 19.8 Å². The lowest BCUT2D eigenvalue weighted by atomic mass is 10.1. The molecule has 0 fully saturated rings. The van der Waals surface area contributed by atoms with Gasteiger partial charge >= 0.3 is 6.18 Å². The van der Waals surface area contributed by atoms with Crippen molar-refractivity contribution in [1.82, 2.24) is 5.32 Å². The summed E-state index contributed by atoms with van der Waals surface area (Å²) in [5.41, 5.74) is -0.624. The van der Waals surface area contributed by atoms with E-state index in [0.717, 1.165) is 38.5 Å². The number of anilines is 1. The maximum atomic E-state index is 13.1. The molecule has 0 heterocycles. The van der Waals surface area contributed by atoms with E-state index >= 15 is 0 Å². The van der Waals surface area contributed by atoms with Gasteiger partial charge in [0.25, 0.3) is 5.91 Å². The molecule has 0 saturated heterocycles. The number of amides is 1. The minimum atomic E-state index is -4.65. The fraction of sp³-hybridized carbons (Fsp3) is 0.333. The van der Waals surface area contributed by atoms with Gasteiger partial charge in [0.1, 0.15) is 11.5 Å². The Kier molecular flexibility index (Phi) is 8.46. The predicted octanol–water partition coefficient (Wildman–Crippen LogP) is 5.41. The number of nitrogens with one attached hydrogen (secondary N) is 2. The summed E-state index contributed by atoms with van der Waals surface area (Å²) in [6.45, 7) is 2.75. The summed E-state index contributed by atoms with van der Waals surface area (Å²) < 4.78 is 49.7. The molecule has 2 rings (SSSR count). The third-order valence-corrected chi connectivity index (χ3v) is 4.33. The van der Waals surface area contributed by atoms with Gasteiger partial charge in [-0.15, -0.1) is 0 Å². The fourth-order valence-corrected chi connectivity index (χ4v) is 2.80. The van der Waals surface area contributed by atoms with Crippen molar-refractivity contribution in [3.8, 4) is 11.5 Å². The van der Waals surface area contributed by atoms with Gasteiger partial charge < -0.3 is 14.8 Å². The average Bonchev–Trinajstić information content (AvgIpc) is 2.71. The molecule has 0 bridgehead atoms. The lowest BCUT2D eigenvalue weighted by Gasteiger charge is -2.14. The monoisotopic (exact) mass is 440 g/mol. The molecule has 0 spiro atoms. The Morgan fingerprint density at radius 1 is 1.10 bits per heavy atom. The second-order valence-electron chi connectivity index (χ2n) is 6.40. The number of methoxy groups -OCH3 is 1. The van der Waals surface area contributed by atoms with Gasteiger partial charge in [0, 0.05) is 11.3 Å². The number of unbranched alkanes of at least 4 members (excludes halogenated alkanes) is 2. The quantitative estimate of drug-likeness (QED) is 0.425. The van der Waals surface area contributed by atoms with Crippen LogP contribution >= 0.6 is 12.2 Å². The number of ether oxygens (including phenoxy) is 2. The van der Waals surface area contributed by atoms with E-state index in [1.165, 1.54) is 6.07 Å². The number of alkyl halides is 3. The highest BCUT2D eigenvalue weighted by atomic mass is 32.1. The second kappa shape index (κ2) is 10.8. The molecule has 1 amide bonds. The molecule has 0 saturated carbocycles. The van der Waals surface area contributed by atoms with E-state index in [-0.39, 0.29) is 16.4 Å². The molecule has 0 aliphatic rings. The molecule has 2 aromatic rings. The third-order valence-electron chi connectivity index (χ3n) is 4.12. The van der Waals surface area contributed by atoms with Crippen LogP contribution < -0.4 is 20.1 Å². The molecule has 0 unspecified atom stereocenters. The van der Waals surface area contributed by atoms with Crippen LogP contribution in [-0.2, 0) is 6.18 Å². The highest BCUT2D eigenvalue weighted by Gasteiger charge is 2.35. The SMILES string of the molecule is CCCCCOc1ccc(NC(=S)NC(=O)c2ccc(OC)c(C(F)(F)F)c2)cc1. The lowest BCUT2D eigenvalue weighted by molar-refractivity contribution is -0.138. The summed E-state index contributed by atoms with van der Waals surface area (Å²) >= 11 is 5.08. The van der Waals surface area contributed by atoms with Crippen molar-refractivity contribution in [2.24, 2.45) is 0 Å². The molecule has 9 heteroatoms. The Morgan fingerprint density at radius 2 is 1.80 bits per heavy atom. The standard InChI is InChI=1S/C21H23F3N2O3S/c1-3-4-5-12-29-16-9-7-15(8-10-16)25-20(30)26-19(27)14-6-11-18(28-2)17(13-14)21(22,23)24/h6-11,13H,3-5,12H2,1-2H3,(H2,25,26,27,30). The summed E-state index contributed by atoms with van der Waals surface area (Å²) in [6.07, 6.45) is -1.45. The van der Waals surface area contributed by atoms with Gasteiger partial charge in [-0.25, -0.2) is 0 Å².